The molecule has 0 heterocycles. The number of rotatable bonds is 4. The first-order valence-electron chi connectivity index (χ1n) is 6.10. The zero-order valence-corrected chi connectivity index (χ0v) is 13.4. The third kappa shape index (κ3) is 4.27. The maximum atomic E-state index is 11.9. The van der Waals surface area contributed by atoms with Crippen LogP contribution in [0.4, 0.5) is 5.69 Å². The Morgan fingerprint density at radius 2 is 1.90 bits per heavy atom. The molecule has 0 saturated heterocycles. The van der Waals surface area contributed by atoms with E-state index < -0.39 is 0 Å². The number of nitrogens with one attached hydrogen (secondary N) is 1. The van der Waals surface area contributed by atoms with Crippen LogP contribution >= 0.6 is 34.8 Å². The normalized spacial score (nSPS) is 10.3. The van der Waals surface area contributed by atoms with Crippen molar-refractivity contribution in [3.63, 3.8) is 0 Å². The number of carbonyl (C=O) groups excluding carboxylic acids is 1. The molecule has 0 unspecified atom stereocenters. The number of hydrogen-bond donors (Lipinski definition) is 1. The van der Waals surface area contributed by atoms with Crippen LogP contribution in [0.5, 0.6) is 5.75 Å². The van der Waals surface area contributed by atoms with Gasteiger partial charge in [-0.05, 0) is 36.8 Å². The molecule has 0 radical (unpaired) electrons. The fourth-order valence-corrected chi connectivity index (χ4v) is 2.17. The van der Waals surface area contributed by atoms with E-state index in [4.69, 9.17) is 39.5 Å². The summed E-state index contributed by atoms with van der Waals surface area (Å²) in [7, 11) is 0. The summed E-state index contributed by atoms with van der Waals surface area (Å²) in [6.45, 7) is 1.74. The summed E-state index contributed by atoms with van der Waals surface area (Å²) in [5.74, 6) is 0.112. The first-order chi connectivity index (χ1) is 9.97. The second-order valence-corrected chi connectivity index (χ2v) is 5.56. The van der Waals surface area contributed by atoms with Crippen molar-refractivity contribution < 1.29 is 9.53 Å². The average Bonchev–Trinajstić information content (AvgIpc) is 2.45. The lowest BCUT2D eigenvalue weighted by atomic mass is 10.2. The molecule has 21 heavy (non-hydrogen) atoms. The molecule has 110 valence electrons. The molecule has 0 bridgehead atoms. The van der Waals surface area contributed by atoms with Gasteiger partial charge in [-0.15, -0.1) is 0 Å². The monoisotopic (exact) mass is 343 g/mol. The molecule has 0 saturated carbocycles. The van der Waals surface area contributed by atoms with E-state index in [1.165, 1.54) is 0 Å². The fraction of sp³-hybridized carbons (Fsp3) is 0.133. The summed E-state index contributed by atoms with van der Waals surface area (Å²) in [6.07, 6.45) is 0. The van der Waals surface area contributed by atoms with Gasteiger partial charge in [-0.2, -0.15) is 0 Å². The van der Waals surface area contributed by atoms with Crippen molar-refractivity contribution in [1.29, 1.82) is 0 Å². The number of anilines is 1. The summed E-state index contributed by atoms with van der Waals surface area (Å²) < 4.78 is 5.40. The summed E-state index contributed by atoms with van der Waals surface area (Å²) >= 11 is 17.9. The molecule has 2 aromatic carbocycles. The van der Waals surface area contributed by atoms with Crippen molar-refractivity contribution in [2.45, 2.75) is 6.92 Å². The lowest BCUT2D eigenvalue weighted by Crippen LogP contribution is -2.20. The minimum absolute atomic E-state index is 0.175. The Labute approximate surface area is 137 Å². The van der Waals surface area contributed by atoms with Crippen molar-refractivity contribution >= 4 is 46.4 Å². The van der Waals surface area contributed by atoms with E-state index in [1.54, 1.807) is 30.3 Å². The van der Waals surface area contributed by atoms with Crippen LogP contribution in [-0.2, 0) is 4.79 Å². The van der Waals surface area contributed by atoms with Crippen molar-refractivity contribution in [1.82, 2.24) is 0 Å². The van der Waals surface area contributed by atoms with Crippen LogP contribution in [0.15, 0.2) is 36.4 Å². The van der Waals surface area contributed by atoms with Gasteiger partial charge in [0.2, 0.25) is 0 Å². The van der Waals surface area contributed by atoms with Crippen LogP contribution in [0.3, 0.4) is 0 Å². The molecular weight excluding hydrogens is 333 g/mol. The smallest absolute Gasteiger partial charge is 0.262 e. The van der Waals surface area contributed by atoms with E-state index in [2.05, 4.69) is 5.32 Å². The molecule has 1 N–H and O–H groups in total. The van der Waals surface area contributed by atoms with Crippen LogP contribution in [0, 0.1) is 6.92 Å². The highest BCUT2D eigenvalue weighted by molar-refractivity contribution is 6.44. The van der Waals surface area contributed by atoms with Crippen LogP contribution in [0.25, 0.3) is 0 Å². The first kappa shape index (κ1) is 16.0. The van der Waals surface area contributed by atoms with Crippen LogP contribution in [0.2, 0.25) is 15.1 Å². The Balaban J connectivity index is 1.99. The number of aryl methyl sites for hydroxylation is 1. The van der Waals surface area contributed by atoms with Gasteiger partial charge in [-0.3, -0.25) is 4.79 Å². The number of benzene rings is 2. The maximum absolute atomic E-state index is 11.9. The van der Waals surface area contributed by atoms with Gasteiger partial charge in [0, 0.05) is 0 Å². The number of carbonyl (C=O) groups is 1. The highest BCUT2D eigenvalue weighted by Crippen LogP contribution is 2.29. The molecule has 6 heteroatoms. The zero-order chi connectivity index (χ0) is 15.4. The van der Waals surface area contributed by atoms with Gasteiger partial charge in [0.1, 0.15) is 5.75 Å². The Bertz CT molecular complexity index is 674. The third-order valence-corrected chi connectivity index (χ3v) is 3.80. The summed E-state index contributed by atoms with van der Waals surface area (Å²) in [5, 5.41) is 3.75. The molecule has 1 amide bonds. The van der Waals surface area contributed by atoms with Gasteiger partial charge in [0.05, 0.1) is 20.8 Å². The molecule has 3 nitrogen and oxygen atoms in total. The average molecular weight is 345 g/mol. The largest absolute Gasteiger partial charge is 0.482 e. The van der Waals surface area contributed by atoms with E-state index >= 15 is 0 Å². The fourth-order valence-electron chi connectivity index (χ4n) is 1.65. The van der Waals surface area contributed by atoms with Gasteiger partial charge in [-0.1, -0.05) is 46.9 Å². The zero-order valence-electron chi connectivity index (χ0n) is 11.1. The molecule has 2 aromatic rings. The molecule has 0 spiro atoms. The highest BCUT2D eigenvalue weighted by atomic mass is 35.5. The standard InChI is InChI=1S/C15H12Cl3NO2/c1-9-5-6-10(16)13(7-9)21-8-14(20)19-12-4-2-3-11(17)15(12)18/h2-7H,8H2,1H3,(H,19,20). The SMILES string of the molecule is Cc1ccc(Cl)c(OCC(=O)Nc2cccc(Cl)c2Cl)c1. The van der Waals surface area contributed by atoms with E-state index in [0.717, 1.165) is 5.56 Å². The topological polar surface area (TPSA) is 38.3 Å². The summed E-state index contributed by atoms with van der Waals surface area (Å²) in [4.78, 5) is 11.9. The lowest BCUT2D eigenvalue weighted by Gasteiger charge is -2.10. The third-order valence-electron chi connectivity index (χ3n) is 2.67. The molecule has 0 aliphatic heterocycles. The quantitative estimate of drug-likeness (QED) is 0.850. The number of halogens is 3. The van der Waals surface area contributed by atoms with Gasteiger partial charge < -0.3 is 10.1 Å². The van der Waals surface area contributed by atoms with Crippen LogP contribution in [0.1, 0.15) is 5.56 Å². The Hall–Kier alpha value is -1.42. The van der Waals surface area contributed by atoms with Crippen molar-refractivity contribution in [2.24, 2.45) is 0 Å². The Morgan fingerprint density at radius 1 is 1.14 bits per heavy atom. The van der Waals surface area contributed by atoms with Crippen molar-refractivity contribution in [3.05, 3.63) is 57.0 Å². The van der Waals surface area contributed by atoms with Gasteiger partial charge in [-0.25, -0.2) is 0 Å². The van der Waals surface area contributed by atoms with Gasteiger partial charge in [0.15, 0.2) is 6.61 Å². The van der Waals surface area contributed by atoms with Crippen molar-refractivity contribution in [3.8, 4) is 5.75 Å². The second-order valence-electron chi connectivity index (χ2n) is 4.37. The van der Waals surface area contributed by atoms with E-state index in [9.17, 15) is 4.79 Å². The summed E-state index contributed by atoms with van der Waals surface area (Å²) in [6, 6.07) is 10.3. The maximum Gasteiger partial charge on any atom is 0.262 e. The highest BCUT2D eigenvalue weighted by Gasteiger charge is 2.10. The lowest BCUT2D eigenvalue weighted by molar-refractivity contribution is -0.118. The van der Waals surface area contributed by atoms with Gasteiger partial charge >= 0.3 is 0 Å². The second kappa shape index (κ2) is 7.03. The predicted molar refractivity (Wildman–Crippen MR) is 86.8 cm³/mol. The Kier molecular flexibility index (Phi) is 5.34. The summed E-state index contributed by atoms with van der Waals surface area (Å²) in [5.41, 5.74) is 1.43. The van der Waals surface area contributed by atoms with Crippen molar-refractivity contribution in [2.75, 3.05) is 11.9 Å². The molecule has 0 atom stereocenters. The number of amides is 1. The van der Waals surface area contributed by atoms with Crippen LogP contribution in [-0.4, -0.2) is 12.5 Å². The van der Waals surface area contributed by atoms with E-state index in [1.807, 2.05) is 13.0 Å². The minimum Gasteiger partial charge on any atom is -0.482 e. The molecule has 0 aromatic heterocycles. The molecule has 0 aliphatic rings. The van der Waals surface area contributed by atoms with E-state index in [0.29, 0.717) is 26.5 Å². The number of ether oxygens (including phenoxy) is 1. The molecule has 2 rings (SSSR count). The molecular formula is C15H12Cl3NO2. The van der Waals surface area contributed by atoms with Gasteiger partial charge in [0.25, 0.3) is 5.91 Å². The molecule has 0 aliphatic carbocycles. The Morgan fingerprint density at radius 3 is 2.67 bits per heavy atom. The van der Waals surface area contributed by atoms with Crippen LogP contribution < -0.4 is 10.1 Å². The number of hydrogen-bond acceptors (Lipinski definition) is 2. The first-order valence-corrected chi connectivity index (χ1v) is 7.23. The molecule has 0 fully saturated rings. The predicted octanol–water partition coefficient (Wildman–Crippen LogP) is 4.97. The van der Waals surface area contributed by atoms with E-state index in [-0.39, 0.29) is 12.5 Å². The minimum atomic E-state index is -0.350.